The lowest BCUT2D eigenvalue weighted by molar-refractivity contribution is 1.11. The third kappa shape index (κ3) is 6.55. The zero-order valence-electron chi connectivity index (χ0n) is 39.0. The molecule has 14 aromatic rings. The molecule has 0 fully saturated rings. The van der Waals surface area contributed by atoms with E-state index in [0.29, 0.717) is 5.82 Å². The van der Waals surface area contributed by atoms with Crippen LogP contribution in [0.3, 0.4) is 0 Å². The average Bonchev–Trinajstić information content (AvgIpc) is 4.12. The van der Waals surface area contributed by atoms with Gasteiger partial charge in [0.1, 0.15) is 5.52 Å². The maximum Gasteiger partial charge on any atom is 0.220 e. The molecule has 340 valence electrons. The van der Waals surface area contributed by atoms with Crippen LogP contribution in [0.15, 0.2) is 287 Å². The summed E-state index contributed by atoms with van der Waals surface area (Å²) in [6, 6.07) is 95.7. The van der Waals surface area contributed by atoms with E-state index in [4.69, 9.17) is 15.0 Å². The van der Waals surface area contributed by atoms with E-state index in [1.807, 2.05) is 12.1 Å². The summed E-state index contributed by atoms with van der Waals surface area (Å²) in [5, 5.41) is 2.34. The van der Waals surface area contributed by atoms with Gasteiger partial charge in [0.05, 0.1) is 39.0 Å². The van der Waals surface area contributed by atoms with E-state index in [1.165, 1.54) is 25.0 Å². The molecule has 4 aromatic heterocycles. The lowest BCUT2D eigenvalue weighted by atomic mass is 10.1. The Bertz CT molecular complexity index is 4220. The highest BCUT2D eigenvalue weighted by Crippen LogP contribution is 2.73. The Hall–Kier alpha value is -9.30. The fourth-order valence-electron chi connectivity index (χ4n) is 10.8. The third-order valence-electron chi connectivity index (χ3n) is 14.0. The Balaban J connectivity index is 1.03. The summed E-state index contributed by atoms with van der Waals surface area (Å²) in [7, 11) is -2.19. The van der Waals surface area contributed by atoms with Crippen molar-refractivity contribution in [2.45, 2.75) is 19.6 Å². The predicted molar refractivity (Wildman–Crippen MR) is 296 cm³/mol. The second-order valence-corrected chi connectivity index (χ2v) is 21.2. The fourth-order valence-corrected chi connectivity index (χ4v) is 14.7. The molecule has 0 aliphatic carbocycles. The Labute approximate surface area is 417 Å². The van der Waals surface area contributed by atoms with Gasteiger partial charge in [-0.15, -0.1) is 10.0 Å². The molecule has 0 unspecified atom stereocenters. The number of fused-ring (bicyclic) bond motifs is 9. The molecule has 7 heteroatoms. The van der Waals surface area contributed by atoms with E-state index in [9.17, 15) is 0 Å². The van der Waals surface area contributed by atoms with Gasteiger partial charge in [0, 0.05) is 58.4 Å². The van der Waals surface area contributed by atoms with Gasteiger partial charge in [-0.25, -0.2) is 15.0 Å². The second kappa shape index (κ2) is 17.0. The summed E-state index contributed by atoms with van der Waals surface area (Å²) in [6.07, 6.45) is 0. The molecule has 6 nitrogen and oxygen atoms in total. The Kier molecular flexibility index (Phi) is 9.82. The number of hydrogen-bond acceptors (Lipinski definition) is 3. The fraction of sp³-hybridized carbons (Fsp3) is 0. The quantitative estimate of drug-likeness (QED) is 0.145. The predicted octanol–water partition coefficient (Wildman–Crippen LogP) is 16.7. The summed E-state index contributed by atoms with van der Waals surface area (Å²) in [5.41, 5.74) is 13.3. The van der Waals surface area contributed by atoms with Crippen molar-refractivity contribution in [3.8, 4) is 45.3 Å². The number of hydrogen-bond donors (Lipinski definition) is 0. The lowest BCUT2D eigenvalue weighted by Crippen LogP contribution is -2.07. The van der Waals surface area contributed by atoms with Crippen LogP contribution >= 0.6 is 10.0 Å². The van der Waals surface area contributed by atoms with Crippen molar-refractivity contribution in [2.24, 2.45) is 0 Å². The molecule has 4 heterocycles. The van der Waals surface area contributed by atoms with Crippen molar-refractivity contribution < 1.29 is 0 Å². The molecule has 0 N–H and O–H groups in total. The first-order chi connectivity index (χ1) is 35.7. The number of para-hydroxylation sites is 4. The highest BCUT2D eigenvalue weighted by atomic mass is 32.3. The standard InChI is InChI=1S/C65H44N6S/c1-6-22-45(23-7-1)56-44-57(46-24-8-2-9-25-46)67-64(66-56)47-26-20-34-52(42-47)72(50-30-12-4-13-31-50,51-32-14-5-15-33-51)53-35-21-29-49(43-53)69-58-37-17-16-36-54(58)55-40-41-61-62(63(55)69)68-65-70(48-27-10-3-11-28-48)59-38-18-19-39-60(59)71(61)65/h1-44H. The van der Waals surface area contributed by atoms with Gasteiger partial charge in [0.15, 0.2) is 5.82 Å². The van der Waals surface area contributed by atoms with Crippen LogP contribution in [0.25, 0.3) is 94.9 Å². The van der Waals surface area contributed by atoms with Crippen LogP contribution in [-0.2, 0) is 0 Å². The maximum atomic E-state index is 5.64. The summed E-state index contributed by atoms with van der Waals surface area (Å²) in [5.74, 6) is 1.55. The molecular weight excluding hydrogens is 897 g/mol. The van der Waals surface area contributed by atoms with Crippen molar-refractivity contribution in [1.82, 2.24) is 28.5 Å². The first-order valence-electron chi connectivity index (χ1n) is 24.3. The first-order valence-corrected chi connectivity index (χ1v) is 25.9. The van der Waals surface area contributed by atoms with Gasteiger partial charge < -0.3 is 4.57 Å². The largest absolute Gasteiger partial charge is 0.307 e. The molecule has 0 spiro atoms. The Morgan fingerprint density at radius 3 is 1.46 bits per heavy atom. The maximum absolute atomic E-state index is 5.64. The molecule has 0 amide bonds. The average molecular weight is 941 g/mol. The number of nitrogens with zero attached hydrogens (tertiary/aromatic N) is 6. The summed E-state index contributed by atoms with van der Waals surface area (Å²) < 4.78 is 7.05. The third-order valence-corrected chi connectivity index (χ3v) is 17.8. The van der Waals surface area contributed by atoms with Gasteiger partial charge in [-0.3, -0.25) is 8.97 Å². The van der Waals surface area contributed by atoms with Crippen LogP contribution in [0.1, 0.15) is 0 Å². The summed E-state index contributed by atoms with van der Waals surface area (Å²) in [4.78, 5) is 21.1. The zero-order chi connectivity index (χ0) is 47.6. The van der Waals surface area contributed by atoms with E-state index in [-0.39, 0.29) is 0 Å². The topological polar surface area (TPSA) is 52.9 Å². The molecule has 0 aliphatic heterocycles. The molecule has 10 aromatic carbocycles. The highest BCUT2D eigenvalue weighted by Gasteiger charge is 2.34. The van der Waals surface area contributed by atoms with Crippen LogP contribution in [0.2, 0.25) is 0 Å². The minimum Gasteiger partial charge on any atom is -0.307 e. The minimum atomic E-state index is -2.19. The van der Waals surface area contributed by atoms with Crippen LogP contribution in [-0.4, -0.2) is 28.5 Å². The normalized spacial score (nSPS) is 12.1. The summed E-state index contributed by atoms with van der Waals surface area (Å²) in [6.45, 7) is 0. The molecule has 14 rings (SSSR count). The van der Waals surface area contributed by atoms with Gasteiger partial charge in [-0.2, -0.15) is 0 Å². The van der Waals surface area contributed by atoms with E-state index in [0.717, 1.165) is 83.7 Å². The lowest BCUT2D eigenvalue weighted by Gasteiger charge is -2.42. The molecule has 0 atom stereocenters. The minimum absolute atomic E-state index is 0.676. The van der Waals surface area contributed by atoms with Crippen molar-refractivity contribution in [3.63, 3.8) is 0 Å². The van der Waals surface area contributed by atoms with Gasteiger partial charge in [0.25, 0.3) is 0 Å². The molecule has 72 heavy (non-hydrogen) atoms. The second-order valence-electron chi connectivity index (χ2n) is 18.0. The van der Waals surface area contributed by atoms with E-state index in [1.54, 1.807) is 0 Å². The van der Waals surface area contributed by atoms with Gasteiger partial charge in [-0.05, 0) is 103 Å². The molecule has 0 saturated heterocycles. The van der Waals surface area contributed by atoms with E-state index in [2.05, 4.69) is 268 Å². The molecule has 0 aliphatic rings. The Morgan fingerprint density at radius 2 is 0.806 bits per heavy atom. The van der Waals surface area contributed by atoms with Gasteiger partial charge in [0.2, 0.25) is 5.78 Å². The van der Waals surface area contributed by atoms with Crippen LogP contribution in [0, 0.1) is 0 Å². The smallest absolute Gasteiger partial charge is 0.220 e. The number of aromatic nitrogens is 6. The monoisotopic (exact) mass is 940 g/mol. The number of imidazole rings is 2. The van der Waals surface area contributed by atoms with Crippen molar-refractivity contribution >= 4 is 59.7 Å². The SMILES string of the molecule is c1ccc(-c2cc(-c3ccccc3)nc(-c3cccc(S(c4ccccc4)(c4ccccc4)c4cccc(-n5c6ccccc6c6ccc7c(nc8n(-c9ccccc9)c9ccccc9n78)c65)c4)c3)n2)cc1. The van der Waals surface area contributed by atoms with Crippen LogP contribution < -0.4 is 0 Å². The summed E-state index contributed by atoms with van der Waals surface area (Å²) >= 11 is 0. The van der Waals surface area contributed by atoms with Crippen molar-refractivity contribution in [1.29, 1.82) is 0 Å². The van der Waals surface area contributed by atoms with Crippen molar-refractivity contribution in [3.05, 3.63) is 267 Å². The number of rotatable bonds is 9. The van der Waals surface area contributed by atoms with E-state index >= 15 is 0 Å². The number of benzene rings is 10. The molecular formula is C65H44N6S. The molecule has 0 saturated carbocycles. The van der Waals surface area contributed by atoms with Crippen LogP contribution in [0.5, 0.6) is 0 Å². The van der Waals surface area contributed by atoms with E-state index < -0.39 is 10.0 Å². The van der Waals surface area contributed by atoms with Crippen LogP contribution in [0.4, 0.5) is 0 Å². The molecule has 0 bridgehead atoms. The first kappa shape index (κ1) is 41.7. The zero-order valence-corrected chi connectivity index (χ0v) is 39.8. The Morgan fingerprint density at radius 1 is 0.306 bits per heavy atom. The molecule has 0 radical (unpaired) electrons. The van der Waals surface area contributed by atoms with Gasteiger partial charge in [-0.1, -0.05) is 164 Å². The highest BCUT2D eigenvalue weighted by molar-refractivity contribution is 8.34. The van der Waals surface area contributed by atoms with Gasteiger partial charge >= 0.3 is 0 Å². The van der Waals surface area contributed by atoms with Crippen molar-refractivity contribution in [2.75, 3.05) is 0 Å².